The molecule has 2 heterocycles. The third-order valence-corrected chi connectivity index (χ3v) is 6.48. The number of hydrogen-bond acceptors (Lipinski definition) is 6. The third-order valence-electron chi connectivity index (χ3n) is 6.48. The monoisotopic (exact) mass is 474 g/mol. The van der Waals surface area contributed by atoms with E-state index in [2.05, 4.69) is 17.1 Å². The summed E-state index contributed by atoms with van der Waals surface area (Å²) >= 11 is 0. The lowest BCUT2D eigenvalue weighted by Gasteiger charge is -2.32. The van der Waals surface area contributed by atoms with Crippen molar-refractivity contribution in [3.63, 3.8) is 0 Å². The Morgan fingerprint density at radius 2 is 1.74 bits per heavy atom. The number of amides is 1. The van der Waals surface area contributed by atoms with E-state index in [9.17, 15) is 9.59 Å². The first-order valence-electron chi connectivity index (χ1n) is 13.1. The Balaban J connectivity index is 1.79. The fourth-order valence-corrected chi connectivity index (χ4v) is 4.51. The minimum absolute atomic E-state index is 0.0174. The Labute approximate surface area is 204 Å². The van der Waals surface area contributed by atoms with Crippen molar-refractivity contribution in [3.05, 3.63) is 23.8 Å². The number of esters is 1. The average molecular weight is 475 g/mol. The highest BCUT2D eigenvalue weighted by atomic mass is 16.6. The second-order valence-electron chi connectivity index (χ2n) is 9.76. The van der Waals surface area contributed by atoms with E-state index in [1.165, 1.54) is 12.8 Å². The van der Waals surface area contributed by atoms with Crippen molar-refractivity contribution in [2.75, 3.05) is 32.8 Å². The molecule has 0 saturated carbocycles. The topological polar surface area (TPSA) is 77.1 Å². The normalized spacial score (nSPS) is 17.4. The van der Waals surface area contributed by atoms with Crippen LogP contribution in [0, 0.1) is 5.92 Å². The van der Waals surface area contributed by atoms with Crippen molar-refractivity contribution < 1.29 is 23.8 Å². The minimum Gasteiger partial charge on any atom is -0.486 e. The molecule has 1 saturated heterocycles. The Morgan fingerprint density at radius 3 is 2.44 bits per heavy atom. The van der Waals surface area contributed by atoms with Gasteiger partial charge < -0.3 is 24.4 Å². The van der Waals surface area contributed by atoms with Crippen LogP contribution in [-0.4, -0.2) is 55.7 Å². The molecule has 1 aromatic carbocycles. The number of nitrogens with one attached hydrogen (secondary N) is 1. The van der Waals surface area contributed by atoms with Crippen LogP contribution in [0.5, 0.6) is 11.5 Å². The third kappa shape index (κ3) is 7.90. The molecule has 2 aliphatic heterocycles. The SMILES string of the molecule is CCCCCCCC(=O)N[C@H](CN1CCCC1)[C@H](OC(=O)C(C)C)c1ccc2c(c1)OCCO2. The first kappa shape index (κ1) is 26.3. The molecular formula is C27H42N2O5. The van der Waals surface area contributed by atoms with Gasteiger partial charge in [0.25, 0.3) is 0 Å². The molecular weight excluding hydrogens is 432 g/mol. The number of carbonyl (C=O) groups is 2. The van der Waals surface area contributed by atoms with Crippen LogP contribution in [0.1, 0.15) is 83.8 Å². The molecule has 7 nitrogen and oxygen atoms in total. The molecule has 1 N–H and O–H groups in total. The van der Waals surface area contributed by atoms with Crippen molar-refractivity contribution >= 4 is 11.9 Å². The van der Waals surface area contributed by atoms with Crippen molar-refractivity contribution in [2.24, 2.45) is 5.92 Å². The van der Waals surface area contributed by atoms with E-state index in [4.69, 9.17) is 14.2 Å². The van der Waals surface area contributed by atoms with E-state index in [1.54, 1.807) is 0 Å². The Bertz CT molecular complexity index is 791. The van der Waals surface area contributed by atoms with Crippen LogP contribution in [0.4, 0.5) is 0 Å². The summed E-state index contributed by atoms with van der Waals surface area (Å²) in [7, 11) is 0. The Morgan fingerprint density at radius 1 is 1.03 bits per heavy atom. The van der Waals surface area contributed by atoms with Crippen molar-refractivity contribution in [2.45, 2.75) is 84.3 Å². The van der Waals surface area contributed by atoms with E-state index in [0.717, 1.165) is 50.8 Å². The largest absolute Gasteiger partial charge is 0.486 e. The second kappa shape index (κ2) is 13.6. The number of likely N-dealkylation sites (tertiary alicyclic amines) is 1. The van der Waals surface area contributed by atoms with Crippen molar-refractivity contribution in [1.29, 1.82) is 0 Å². The predicted octanol–water partition coefficient (Wildman–Crippen LogP) is 4.64. The highest BCUT2D eigenvalue weighted by molar-refractivity contribution is 5.76. The van der Waals surface area contributed by atoms with Gasteiger partial charge in [-0.3, -0.25) is 9.59 Å². The molecule has 7 heteroatoms. The van der Waals surface area contributed by atoms with Gasteiger partial charge in [-0.1, -0.05) is 52.5 Å². The highest BCUT2D eigenvalue weighted by Crippen LogP contribution is 2.35. The van der Waals surface area contributed by atoms with Gasteiger partial charge in [0, 0.05) is 13.0 Å². The maximum absolute atomic E-state index is 12.9. The highest BCUT2D eigenvalue weighted by Gasteiger charge is 2.32. The van der Waals surface area contributed by atoms with E-state index >= 15 is 0 Å². The Hall–Kier alpha value is -2.28. The summed E-state index contributed by atoms with van der Waals surface area (Å²) in [5.41, 5.74) is 0.811. The number of hydrogen-bond donors (Lipinski definition) is 1. The van der Waals surface area contributed by atoms with Crippen LogP contribution < -0.4 is 14.8 Å². The van der Waals surface area contributed by atoms with E-state index in [0.29, 0.717) is 37.7 Å². The summed E-state index contributed by atoms with van der Waals surface area (Å²) in [6.45, 7) is 9.48. The summed E-state index contributed by atoms with van der Waals surface area (Å²) < 4.78 is 17.5. The fourth-order valence-electron chi connectivity index (χ4n) is 4.51. The van der Waals surface area contributed by atoms with Gasteiger partial charge in [-0.25, -0.2) is 0 Å². The van der Waals surface area contributed by atoms with E-state index < -0.39 is 6.10 Å². The van der Waals surface area contributed by atoms with Gasteiger partial charge in [-0.2, -0.15) is 0 Å². The fraction of sp³-hybridized carbons (Fsp3) is 0.704. The van der Waals surface area contributed by atoms with Gasteiger partial charge in [-0.05, 0) is 50.0 Å². The molecule has 3 rings (SSSR count). The molecule has 1 aromatic rings. The standard InChI is InChI=1S/C27H42N2O5/c1-4-5-6-7-8-11-25(30)28-22(19-29-14-9-10-15-29)26(34-27(31)20(2)3)21-12-13-23-24(18-21)33-17-16-32-23/h12-13,18,20,22,26H,4-11,14-17,19H2,1-3H3,(H,28,30)/t22-,26-/m1/s1. The first-order chi connectivity index (χ1) is 16.5. The summed E-state index contributed by atoms with van der Waals surface area (Å²) in [5.74, 6) is 0.818. The molecule has 1 fully saturated rings. The van der Waals surface area contributed by atoms with Crippen LogP contribution in [0.15, 0.2) is 18.2 Å². The Kier molecular flexibility index (Phi) is 10.5. The van der Waals surface area contributed by atoms with Gasteiger partial charge in [-0.15, -0.1) is 0 Å². The first-order valence-corrected chi connectivity index (χ1v) is 13.1. The number of nitrogens with zero attached hydrogens (tertiary/aromatic N) is 1. The van der Waals surface area contributed by atoms with Crippen LogP contribution in [0.2, 0.25) is 0 Å². The van der Waals surface area contributed by atoms with Gasteiger partial charge in [0.15, 0.2) is 11.5 Å². The summed E-state index contributed by atoms with van der Waals surface area (Å²) in [4.78, 5) is 28.0. The lowest BCUT2D eigenvalue weighted by Crippen LogP contribution is -2.48. The summed E-state index contributed by atoms with van der Waals surface area (Å²) in [6.07, 6.45) is 7.68. The van der Waals surface area contributed by atoms with Gasteiger partial charge in [0.2, 0.25) is 5.91 Å². The zero-order chi connectivity index (χ0) is 24.3. The number of unbranched alkanes of at least 4 members (excludes halogenated alkanes) is 4. The smallest absolute Gasteiger partial charge is 0.309 e. The molecule has 2 atom stereocenters. The number of ether oxygens (including phenoxy) is 3. The summed E-state index contributed by atoms with van der Waals surface area (Å²) in [6, 6.07) is 5.33. The van der Waals surface area contributed by atoms with E-state index in [1.807, 2.05) is 32.0 Å². The van der Waals surface area contributed by atoms with Crippen LogP contribution in [0.25, 0.3) is 0 Å². The maximum atomic E-state index is 12.9. The second-order valence-corrected chi connectivity index (χ2v) is 9.76. The van der Waals surface area contributed by atoms with Crippen molar-refractivity contribution in [1.82, 2.24) is 10.2 Å². The van der Waals surface area contributed by atoms with Crippen LogP contribution in [-0.2, 0) is 14.3 Å². The molecule has 0 unspecified atom stereocenters. The van der Waals surface area contributed by atoms with Gasteiger partial charge >= 0.3 is 5.97 Å². The zero-order valence-corrected chi connectivity index (χ0v) is 21.1. The molecule has 0 spiro atoms. The minimum atomic E-state index is -0.602. The number of fused-ring (bicyclic) bond motifs is 1. The molecule has 2 aliphatic rings. The maximum Gasteiger partial charge on any atom is 0.309 e. The molecule has 0 aromatic heterocycles. The number of benzene rings is 1. The zero-order valence-electron chi connectivity index (χ0n) is 21.1. The van der Waals surface area contributed by atoms with Gasteiger partial charge in [0.1, 0.15) is 19.3 Å². The molecule has 0 radical (unpaired) electrons. The molecule has 34 heavy (non-hydrogen) atoms. The number of carbonyl (C=O) groups excluding carboxylic acids is 2. The van der Waals surface area contributed by atoms with Gasteiger partial charge in [0.05, 0.1) is 12.0 Å². The predicted molar refractivity (Wildman–Crippen MR) is 132 cm³/mol. The molecule has 1 amide bonds. The van der Waals surface area contributed by atoms with Crippen molar-refractivity contribution in [3.8, 4) is 11.5 Å². The molecule has 0 bridgehead atoms. The molecule has 0 aliphatic carbocycles. The van der Waals surface area contributed by atoms with E-state index in [-0.39, 0.29) is 23.8 Å². The molecule has 190 valence electrons. The van der Waals surface area contributed by atoms with Crippen LogP contribution >= 0.6 is 0 Å². The summed E-state index contributed by atoms with van der Waals surface area (Å²) in [5, 5.41) is 3.23. The average Bonchev–Trinajstić information content (AvgIpc) is 3.34. The number of rotatable bonds is 13. The van der Waals surface area contributed by atoms with Crippen LogP contribution in [0.3, 0.4) is 0 Å². The lowest BCUT2D eigenvalue weighted by atomic mass is 9.99. The quantitative estimate of drug-likeness (QED) is 0.332. The lowest BCUT2D eigenvalue weighted by molar-refractivity contribution is -0.156.